The number of benzene rings is 2. The van der Waals surface area contributed by atoms with Crippen LogP contribution in [0.5, 0.6) is 11.5 Å². The van der Waals surface area contributed by atoms with E-state index in [2.05, 4.69) is 36.1 Å². The smallest absolute Gasteiger partial charge is 0.223 e. The molecule has 0 saturated carbocycles. The van der Waals surface area contributed by atoms with Gasteiger partial charge in [0.2, 0.25) is 5.91 Å². The zero-order valence-corrected chi connectivity index (χ0v) is 18.3. The van der Waals surface area contributed by atoms with Crippen LogP contribution in [0.4, 0.5) is 0 Å². The van der Waals surface area contributed by atoms with E-state index in [9.17, 15) is 4.79 Å². The SMILES string of the molecule is COc1ccc(OC)c(CN2CCN(C(=O)CCSc3ccc(C)cc3)CC2)c1. The second kappa shape index (κ2) is 10.6. The highest BCUT2D eigenvalue weighted by Gasteiger charge is 2.21. The maximum absolute atomic E-state index is 12.5. The molecule has 5 nitrogen and oxygen atoms in total. The summed E-state index contributed by atoms with van der Waals surface area (Å²) in [5, 5.41) is 0. The summed E-state index contributed by atoms with van der Waals surface area (Å²) in [6.45, 7) is 6.18. The molecule has 1 saturated heterocycles. The molecular weight excluding hydrogens is 384 g/mol. The number of thioether (sulfide) groups is 1. The lowest BCUT2D eigenvalue weighted by Gasteiger charge is -2.35. The fourth-order valence-corrected chi connectivity index (χ4v) is 4.29. The largest absolute Gasteiger partial charge is 0.497 e. The number of piperazine rings is 1. The van der Waals surface area contributed by atoms with Crippen LogP contribution in [0, 0.1) is 6.92 Å². The zero-order valence-electron chi connectivity index (χ0n) is 17.5. The quantitative estimate of drug-likeness (QED) is 0.614. The maximum Gasteiger partial charge on any atom is 0.223 e. The summed E-state index contributed by atoms with van der Waals surface area (Å²) in [7, 11) is 3.36. The molecule has 1 amide bonds. The van der Waals surface area contributed by atoms with Gasteiger partial charge in [-0.25, -0.2) is 0 Å². The summed E-state index contributed by atoms with van der Waals surface area (Å²) in [5.41, 5.74) is 2.37. The minimum Gasteiger partial charge on any atom is -0.497 e. The number of carbonyl (C=O) groups is 1. The molecule has 0 radical (unpaired) electrons. The lowest BCUT2D eigenvalue weighted by Crippen LogP contribution is -2.48. The molecule has 156 valence electrons. The second-order valence-corrected chi connectivity index (χ2v) is 8.41. The van der Waals surface area contributed by atoms with Crippen molar-refractivity contribution in [3.05, 3.63) is 53.6 Å². The number of hydrogen-bond acceptors (Lipinski definition) is 5. The van der Waals surface area contributed by atoms with Gasteiger partial charge in [-0.3, -0.25) is 9.69 Å². The molecule has 0 aromatic heterocycles. The molecule has 29 heavy (non-hydrogen) atoms. The lowest BCUT2D eigenvalue weighted by atomic mass is 10.1. The molecule has 2 aromatic rings. The summed E-state index contributed by atoms with van der Waals surface area (Å²) in [6, 6.07) is 14.3. The first kappa shape index (κ1) is 21.5. The van der Waals surface area contributed by atoms with Crippen LogP contribution in [0.1, 0.15) is 17.5 Å². The highest BCUT2D eigenvalue weighted by Crippen LogP contribution is 2.26. The Kier molecular flexibility index (Phi) is 7.83. The van der Waals surface area contributed by atoms with Gasteiger partial charge in [-0.05, 0) is 37.3 Å². The van der Waals surface area contributed by atoms with Gasteiger partial charge in [0, 0.05) is 55.4 Å². The lowest BCUT2D eigenvalue weighted by molar-refractivity contribution is -0.132. The van der Waals surface area contributed by atoms with Crippen molar-refractivity contribution >= 4 is 17.7 Å². The number of carbonyl (C=O) groups excluding carboxylic acids is 1. The number of hydrogen-bond donors (Lipinski definition) is 0. The predicted octanol–water partition coefficient (Wildman–Crippen LogP) is 3.84. The Labute approximate surface area is 178 Å². The van der Waals surface area contributed by atoms with E-state index in [0.717, 1.165) is 55.5 Å². The topological polar surface area (TPSA) is 42.0 Å². The third-order valence-corrected chi connectivity index (χ3v) is 6.23. The molecule has 1 heterocycles. The number of amides is 1. The van der Waals surface area contributed by atoms with Crippen LogP contribution in [0.3, 0.4) is 0 Å². The summed E-state index contributed by atoms with van der Waals surface area (Å²) in [6.07, 6.45) is 0.586. The molecule has 0 N–H and O–H groups in total. The van der Waals surface area contributed by atoms with Crippen LogP contribution in [0.15, 0.2) is 47.4 Å². The number of aryl methyl sites for hydroxylation is 1. The zero-order chi connectivity index (χ0) is 20.6. The van der Waals surface area contributed by atoms with Gasteiger partial charge in [-0.1, -0.05) is 17.7 Å². The van der Waals surface area contributed by atoms with E-state index in [0.29, 0.717) is 6.42 Å². The van der Waals surface area contributed by atoms with Crippen molar-refractivity contribution in [1.82, 2.24) is 9.80 Å². The molecular formula is C23H30N2O3S. The Bertz CT molecular complexity index is 802. The Morgan fingerprint density at radius 1 is 1.00 bits per heavy atom. The van der Waals surface area contributed by atoms with Crippen LogP contribution >= 0.6 is 11.8 Å². The molecule has 0 unspecified atom stereocenters. The van der Waals surface area contributed by atoms with Gasteiger partial charge in [0.25, 0.3) is 0 Å². The average Bonchev–Trinajstić information content (AvgIpc) is 2.75. The minimum absolute atomic E-state index is 0.253. The molecule has 0 bridgehead atoms. The van der Waals surface area contributed by atoms with Gasteiger partial charge in [0.15, 0.2) is 0 Å². The van der Waals surface area contributed by atoms with Crippen LogP contribution in [-0.4, -0.2) is 61.9 Å². The van der Waals surface area contributed by atoms with Gasteiger partial charge in [-0.15, -0.1) is 11.8 Å². The minimum atomic E-state index is 0.253. The Morgan fingerprint density at radius 2 is 1.72 bits per heavy atom. The molecule has 0 atom stereocenters. The molecule has 6 heteroatoms. The van der Waals surface area contributed by atoms with Crippen molar-refractivity contribution in [1.29, 1.82) is 0 Å². The maximum atomic E-state index is 12.5. The Morgan fingerprint density at radius 3 is 2.38 bits per heavy atom. The molecule has 1 aliphatic rings. The fraction of sp³-hybridized carbons (Fsp3) is 0.435. The van der Waals surface area contributed by atoms with Crippen LogP contribution in [-0.2, 0) is 11.3 Å². The van der Waals surface area contributed by atoms with Gasteiger partial charge >= 0.3 is 0 Å². The molecule has 1 aliphatic heterocycles. The molecule has 1 fully saturated rings. The Hall–Kier alpha value is -2.18. The van der Waals surface area contributed by atoms with Crippen LogP contribution in [0.2, 0.25) is 0 Å². The average molecular weight is 415 g/mol. The van der Waals surface area contributed by atoms with Crippen molar-refractivity contribution in [3.63, 3.8) is 0 Å². The van der Waals surface area contributed by atoms with E-state index in [1.54, 1.807) is 26.0 Å². The van der Waals surface area contributed by atoms with E-state index in [1.165, 1.54) is 10.5 Å². The number of nitrogens with zero attached hydrogens (tertiary/aromatic N) is 2. The molecule has 0 spiro atoms. The third kappa shape index (κ3) is 6.15. The molecule has 2 aromatic carbocycles. The van der Waals surface area contributed by atoms with Crippen LogP contribution < -0.4 is 9.47 Å². The van der Waals surface area contributed by atoms with E-state index in [4.69, 9.17) is 9.47 Å². The number of rotatable bonds is 8. The van der Waals surface area contributed by atoms with Crippen molar-refractivity contribution in [2.24, 2.45) is 0 Å². The van der Waals surface area contributed by atoms with Crippen molar-refractivity contribution in [2.75, 3.05) is 46.2 Å². The van der Waals surface area contributed by atoms with E-state index in [-0.39, 0.29) is 5.91 Å². The molecule has 3 rings (SSSR count). The predicted molar refractivity (Wildman–Crippen MR) is 118 cm³/mol. The summed E-state index contributed by atoms with van der Waals surface area (Å²) in [4.78, 5) is 18.1. The van der Waals surface area contributed by atoms with E-state index < -0.39 is 0 Å². The first-order valence-electron chi connectivity index (χ1n) is 9.99. The van der Waals surface area contributed by atoms with Crippen molar-refractivity contribution < 1.29 is 14.3 Å². The van der Waals surface area contributed by atoms with Gasteiger partial charge in [-0.2, -0.15) is 0 Å². The second-order valence-electron chi connectivity index (χ2n) is 7.25. The fourth-order valence-electron chi connectivity index (χ4n) is 3.45. The number of methoxy groups -OCH3 is 2. The summed E-state index contributed by atoms with van der Waals surface area (Å²) >= 11 is 1.75. The van der Waals surface area contributed by atoms with Crippen LogP contribution in [0.25, 0.3) is 0 Å². The first-order chi connectivity index (χ1) is 14.1. The monoisotopic (exact) mass is 414 g/mol. The Balaban J connectivity index is 1.44. The number of ether oxygens (including phenoxy) is 2. The standard InChI is InChI=1S/C23H30N2O3S/c1-18-4-7-21(8-5-18)29-15-10-23(26)25-13-11-24(12-14-25)17-19-16-20(27-2)6-9-22(19)28-3/h4-9,16H,10-15,17H2,1-3H3. The third-order valence-electron chi connectivity index (χ3n) is 5.21. The van der Waals surface area contributed by atoms with E-state index in [1.807, 2.05) is 23.1 Å². The summed E-state index contributed by atoms with van der Waals surface area (Å²) in [5.74, 6) is 2.78. The summed E-state index contributed by atoms with van der Waals surface area (Å²) < 4.78 is 10.8. The normalized spacial score (nSPS) is 14.7. The van der Waals surface area contributed by atoms with Gasteiger partial charge in [0.05, 0.1) is 14.2 Å². The van der Waals surface area contributed by atoms with Gasteiger partial charge in [0.1, 0.15) is 11.5 Å². The van der Waals surface area contributed by atoms with E-state index >= 15 is 0 Å². The first-order valence-corrected chi connectivity index (χ1v) is 11.0. The van der Waals surface area contributed by atoms with Crippen molar-refractivity contribution in [2.45, 2.75) is 24.8 Å². The molecule has 0 aliphatic carbocycles. The highest BCUT2D eigenvalue weighted by molar-refractivity contribution is 7.99. The highest BCUT2D eigenvalue weighted by atomic mass is 32.2. The van der Waals surface area contributed by atoms with Gasteiger partial charge < -0.3 is 14.4 Å². The van der Waals surface area contributed by atoms with Crippen molar-refractivity contribution in [3.8, 4) is 11.5 Å².